The van der Waals surface area contributed by atoms with E-state index in [1.54, 1.807) is 24.4 Å². The van der Waals surface area contributed by atoms with Gasteiger partial charge in [-0.25, -0.2) is 18.4 Å². The monoisotopic (exact) mass is 535 g/mol. The van der Waals surface area contributed by atoms with Crippen molar-refractivity contribution in [3.63, 3.8) is 0 Å². The van der Waals surface area contributed by atoms with Gasteiger partial charge in [-0.15, -0.1) is 0 Å². The van der Waals surface area contributed by atoms with E-state index in [4.69, 9.17) is 0 Å². The molecule has 1 N–H and O–H groups in total. The van der Waals surface area contributed by atoms with Gasteiger partial charge < -0.3 is 4.74 Å². The lowest BCUT2D eigenvalue weighted by Gasteiger charge is -2.34. The van der Waals surface area contributed by atoms with Gasteiger partial charge in [0.15, 0.2) is 12.4 Å². The van der Waals surface area contributed by atoms with E-state index in [-0.39, 0.29) is 22.6 Å². The third kappa shape index (κ3) is 6.95. The Morgan fingerprint density at radius 2 is 1.89 bits per heavy atom. The molecule has 1 aromatic carbocycles. The molecule has 0 bridgehead atoms. The highest BCUT2D eigenvalue weighted by molar-refractivity contribution is 7.92. The number of fused-ring (bicyclic) bond motifs is 1. The number of nitrogens with zero attached hydrogens (tertiary/aromatic N) is 4. The van der Waals surface area contributed by atoms with E-state index in [1.807, 2.05) is 19.9 Å². The summed E-state index contributed by atoms with van der Waals surface area (Å²) in [4.78, 5) is 14.7. The molecule has 1 aliphatic heterocycles. The van der Waals surface area contributed by atoms with Gasteiger partial charge in [-0.3, -0.25) is 14.6 Å². The first-order valence-corrected chi connectivity index (χ1v) is 13.4. The van der Waals surface area contributed by atoms with Crippen molar-refractivity contribution < 1.29 is 26.3 Å². The molecular weight excluding hydrogens is 507 g/mol. The summed E-state index contributed by atoms with van der Waals surface area (Å²) in [6.07, 6.45) is 2.48. The van der Waals surface area contributed by atoms with Crippen LogP contribution >= 0.6 is 0 Å². The maximum absolute atomic E-state index is 13.0. The van der Waals surface area contributed by atoms with E-state index in [0.717, 1.165) is 48.2 Å². The summed E-state index contributed by atoms with van der Waals surface area (Å²) >= 11 is 0. The van der Waals surface area contributed by atoms with Gasteiger partial charge >= 0.3 is 6.18 Å². The molecule has 1 unspecified atom stereocenters. The number of anilines is 1. The molecular formula is C25H28F3N5O3S. The highest BCUT2D eigenvalue weighted by atomic mass is 32.2. The number of sulfonamides is 1. The Labute approximate surface area is 214 Å². The van der Waals surface area contributed by atoms with Crippen molar-refractivity contribution in [3.05, 3.63) is 71.3 Å². The van der Waals surface area contributed by atoms with Crippen LogP contribution in [0.15, 0.2) is 53.8 Å². The van der Waals surface area contributed by atoms with Crippen LogP contribution in [0.2, 0.25) is 0 Å². The number of aromatic nitrogens is 3. The second-order valence-corrected chi connectivity index (χ2v) is 10.6. The van der Waals surface area contributed by atoms with Crippen LogP contribution in [0.4, 0.5) is 19.0 Å². The predicted octanol–water partition coefficient (Wildman–Crippen LogP) is 4.69. The van der Waals surface area contributed by atoms with Crippen molar-refractivity contribution >= 4 is 15.8 Å². The minimum absolute atomic E-state index is 0.0902. The van der Waals surface area contributed by atoms with Crippen LogP contribution in [0.25, 0.3) is 0 Å². The van der Waals surface area contributed by atoms with Crippen molar-refractivity contribution in [2.24, 2.45) is 0 Å². The fourth-order valence-electron chi connectivity index (χ4n) is 4.13. The molecule has 0 aliphatic carbocycles. The Bertz CT molecular complexity index is 1320. The number of hydrogen-bond donors (Lipinski definition) is 1. The summed E-state index contributed by atoms with van der Waals surface area (Å²) in [7, 11) is -3.86. The van der Waals surface area contributed by atoms with Crippen LogP contribution in [0, 0.1) is 0 Å². The number of alkyl halides is 3. The van der Waals surface area contributed by atoms with Gasteiger partial charge in [0.05, 0.1) is 23.0 Å². The molecule has 37 heavy (non-hydrogen) atoms. The summed E-state index contributed by atoms with van der Waals surface area (Å²) in [6.45, 7) is 3.86. The first-order valence-electron chi connectivity index (χ1n) is 11.9. The second kappa shape index (κ2) is 11.0. The van der Waals surface area contributed by atoms with Gasteiger partial charge in [-0.05, 0) is 48.6 Å². The first-order chi connectivity index (χ1) is 17.5. The Kier molecular flexibility index (Phi) is 7.98. The second-order valence-electron chi connectivity index (χ2n) is 8.91. The molecule has 0 radical (unpaired) electrons. The number of benzene rings is 1. The number of pyridine rings is 1. The summed E-state index contributed by atoms with van der Waals surface area (Å²) in [5.74, 6) is 0.0623. The molecule has 12 heteroatoms. The minimum atomic E-state index is -4.43. The Morgan fingerprint density at radius 3 is 2.54 bits per heavy atom. The lowest BCUT2D eigenvalue weighted by atomic mass is 9.97. The predicted molar refractivity (Wildman–Crippen MR) is 132 cm³/mol. The molecule has 0 fully saturated rings. The van der Waals surface area contributed by atoms with E-state index in [1.165, 1.54) is 18.5 Å². The standard InChI is InChI=1S/C25H28F3N5O3S/c1-3-4-21-13-30-23(14-29-21)32-37(34,35)22-7-5-18-9-10-33(15-20(18)11-22)17(2)19-6-8-24(31-12-19)36-16-25(26,27)28/h5-8,11-14,17H,3-4,9-10,15-16H2,1-2H3,(H,30,32). The van der Waals surface area contributed by atoms with Crippen molar-refractivity contribution in [1.82, 2.24) is 19.9 Å². The number of aryl methyl sites for hydroxylation is 1. The Morgan fingerprint density at radius 1 is 1.08 bits per heavy atom. The van der Waals surface area contributed by atoms with E-state index in [2.05, 4.69) is 29.3 Å². The summed E-state index contributed by atoms with van der Waals surface area (Å²) in [6, 6.07) is 8.11. The molecule has 0 spiro atoms. The highest BCUT2D eigenvalue weighted by Crippen LogP contribution is 2.30. The first kappa shape index (κ1) is 26.8. The minimum Gasteiger partial charge on any atom is -0.468 e. The van der Waals surface area contributed by atoms with Crippen molar-refractivity contribution in [1.29, 1.82) is 0 Å². The maximum atomic E-state index is 13.0. The van der Waals surface area contributed by atoms with E-state index < -0.39 is 22.8 Å². The third-order valence-corrected chi connectivity index (χ3v) is 7.51. The van der Waals surface area contributed by atoms with Crippen molar-refractivity contribution in [2.75, 3.05) is 17.9 Å². The number of rotatable bonds is 9. The van der Waals surface area contributed by atoms with Crippen LogP contribution in [-0.4, -0.2) is 47.6 Å². The molecule has 8 nitrogen and oxygen atoms in total. The fraction of sp³-hybridized carbons (Fsp3) is 0.400. The number of hydrogen-bond acceptors (Lipinski definition) is 7. The molecule has 3 aromatic rings. The van der Waals surface area contributed by atoms with Gasteiger partial charge in [0, 0.05) is 31.4 Å². The van der Waals surface area contributed by atoms with Crippen molar-refractivity contribution in [2.45, 2.75) is 56.8 Å². The van der Waals surface area contributed by atoms with E-state index in [9.17, 15) is 21.6 Å². The van der Waals surface area contributed by atoms with Gasteiger partial charge in [-0.2, -0.15) is 13.2 Å². The van der Waals surface area contributed by atoms with E-state index >= 15 is 0 Å². The van der Waals surface area contributed by atoms with Crippen LogP contribution in [0.3, 0.4) is 0 Å². The average Bonchev–Trinajstić information content (AvgIpc) is 2.87. The molecule has 198 valence electrons. The topological polar surface area (TPSA) is 97.3 Å². The van der Waals surface area contributed by atoms with Gasteiger partial charge in [0.25, 0.3) is 10.0 Å². The molecule has 1 aliphatic rings. The number of ether oxygens (including phenoxy) is 1. The zero-order valence-corrected chi connectivity index (χ0v) is 21.3. The van der Waals surface area contributed by atoms with Crippen LogP contribution in [-0.2, 0) is 29.4 Å². The van der Waals surface area contributed by atoms with Crippen LogP contribution in [0.1, 0.15) is 48.7 Å². The lowest BCUT2D eigenvalue weighted by molar-refractivity contribution is -0.154. The Hall–Kier alpha value is -3.25. The molecule has 1 atom stereocenters. The maximum Gasteiger partial charge on any atom is 0.422 e. The summed E-state index contributed by atoms with van der Waals surface area (Å²) in [5.41, 5.74) is 3.58. The highest BCUT2D eigenvalue weighted by Gasteiger charge is 2.29. The SMILES string of the molecule is CCCc1cnc(NS(=O)(=O)c2ccc3c(c2)CN(C(C)c2ccc(OCC(F)(F)F)nc2)CC3)cn1. The summed E-state index contributed by atoms with van der Waals surface area (Å²) in [5, 5.41) is 0. The summed E-state index contributed by atoms with van der Waals surface area (Å²) < 4.78 is 70.2. The quantitative estimate of drug-likeness (QED) is 0.425. The zero-order valence-electron chi connectivity index (χ0n) is 20.5. The molecule has 4 rings (SSSR count). The Balaban J connectivity index is 1.44. The third-order valence-electron chi connectivity index (χ3n) is 6.15. The van der Waals surface area contributed by atoms with E-state index in [0.29, 0.717) is 6.54 Å². The largest absolute Gasteiger partial charge is 0.468 e. The number of nitrogens with one attached hydrogen (secondary N) is 1. The van der Waals surface area contributed by atoms with Crippen molar-refractivity contribution in [3.8, 4) is 5.88 Å². The van der Waals surface area contributed by atoms with Crippen LogP contribution < -0.4 is 9.46 Å². The lowest BCUT2D eigenvalue weighted by Crippen LogP contribution is -2.33. The number of halogens is 3. The zero-order chi connectivity index (χ0) is 26.6. The molecule has 0 saturated heterocycles. The fourth-order valence-corrected chi connectivity index (χ4v) is 5.18. The normalized spacial score (nSPS) is 15.2. The van der Waals surface area contributed by atoms with Crippen LogP contribution in [0.5, 0.6) is 5.88 Å². The van der Waals surface area contributed by atoms with Gasteiger partial charge in [0.1, 0.15) is 0 Å². The molecule has 2 aromatic heterocycles. The average molecular weight is 536 g/mol. The molecule has 0 saturated carbocycles. The van der Waals surface area contributed by atoms with Gasteiger partial charge in [0.2, 0.25) is 5.88 Å². The smallest absolute Gasteiger partial charge is 0.422 e. The van der Waals surface area contributed by atoms with Gasteiger partial charge in [-0.1, -0.05) is 25.5 Å². The molecule has 0 amide bonds. The molecule has 3 heterocycles.